The summed E-state index contributed by atoms with van der Waals surface area (Å²) in [4.78, 5) is 33.9. The summed E-state index contributed by atoms with van der Waals surface area (Å²) in [5, 5.41) is 13.2. The van der Waals surface area contributed by atoms with Crippen molar-refractivity contribution in [3.05, 3.63) is 75.8 Å². The maximum atomic E-state index is 11.9. The average Bonchev–Trinajstić information content (AvgIpc) is 2.60. The molecule has 0 fully saturated rings. The van der Waals surface area contributed by atoms with Crippen molar-refractivity contribution in [2.24, 2.45) is 0 Å². The van der Waals surface area contributed by atoms with E-state index in [-0.39, 0.29) is 11.3 Å². The van der Waals surface area contributed by atoms with Crippen LogP contribution in [0.1, 0.15) is 22.8 Å². The van der Waals surface area contributed by atoms with Gasteiger partial charge >= 0.3 is 5.97 Å². The number of hydrogen-bond acceptors (Lipinski definition) is 5. The molecule has 7 nitrogen and oxygen atoms in total. The average molecular weight is 328 g/mol. The molecular formula is C17H16N2O5. The minimum absolute atomic E-state index is 0.125. The lowest BCUT2D eigenvalue weighted by atomic mass is 10.2. The van der Waals surface area contributed by atoms with Gasteiger partial charge in [-0.15, -0.1) is 0 Å². The molecule has 1 amide bonds. The molecule has 0 aromatic heterocycles. The monoisotopic (exact) mass is 328 g/mol. The number of rotatable bonds is 6. The van der Waals surface area contributed by atoms with Crippen LogP contribution in [0.5, 0.6) is 0 Å². The first-order valence-electron chi connectivity index (χ1n) is 7.24. The lowest BCUT2D eigenvalue weighted by Gasteiger charge is -2.13. The number of nitrogens with one attached hydrogen (secondary N) is 1. The third-order valence-corrected chi connectivity index (χ3v) is 3.28. The molecular weight excluding hydrogens is 312 g/mol. The minimum Gasteiger partial charge on any atom is -0.449 e. The van der Waals surface area contributed by atoms with Crippen LogP contribution in [-0.2, 0) is 16.1 Å². The highest BCUT2D eigenvalue weighted by molar-refractivity contribution is 5.92. The Labute approximate surface area is 138 Å². The molecule has 0 unspecified atom stereocenters. The third-order valence-electron chi connectivity index (χ3n) is 3.28. The predicted octanol–water partition coefficient (Wildman–Crippen LogP) is 2.46. The molecule has 0 radical (unpaired) electrons. The third kappa shape index (κ3) is 4.64. The van der Waals surface area contributed by atoms with Crippen molar-refractivity contribution in [2.75, 3.05) is 0 Å². The van der Waals surface area contributed by atoms with E-state index in [1.54, 1.807) is 0 Å². The number of carbonyl (C=O) groups excluding carboxylic acids is 2. The molecule has 7 heteroatoms. The summed E-state index contributed by atoms with van der Waals surface area (Å²) >= 11 is 0. The summed E-state index contributed by atoms with van der Waals surface area (Å²) in [5.41, 5.74) is 0.947. The fraction of sp³-hybridized carbons (Fsp3) is 0.176. The van der Waals surface area contributed by atoms with Crippen molar-refractivity contribution >= 4 is 17.6 Å². The first-order valence-corrected chi connectivity index (χ1v) is 7.24. The Morgan fingerprint density at radius 3 is 2.33 bits per heavy atom. The maximum absolute atomic E-state index is 11.9. The van der Waals surface area contributed by atoms with Crippen LogP contribution >= 0.6 is 0 Å². The molecule has 0 aliphatic rings. The van der Waals surface area contributed by atoms with Gasteiger partial charge in [-0.2, -0.15) is 0 Å². The molecule has 0 spiro atoms. The molecule has 2 aromatic rings. The highest BCUT2D eigenvalue weighted by Crippen LogP contribution is 2.13. The van der Waals surface area contributed by atoms with Gasteiger partial charge in [0.15, 0.2) is 6.10 Å². The van der Waals surface area contributed by atoms with Gasteiger partial charge in [0.05, 0.1) is 10.5 Å². The number of nitrogens with zero attached hydrogens (tertiary/aromatic N) is 1. The van der Waals surface area contributed by atoms with Crippen molar-refractivity contribution in [1.29, 1.82) is 0 Å². The van der Waals surface area contributed by atoms with Crippen molar-refractivity contribution in [3.8, 4) is 0 Å². The number of nitro benzene ring substituents is 1. The topological polar surface area (TPSA) is 98.5 Å². The van der Waals surface area contributed by atoms with Gasteiger partial charge in [-0.1, -0.05) is 30.3 Å². The molecule has 0 bridgehead atoms. The van der Waals surface area contributed by atoms with Crippen LogP contribution in [0.4, 0.5) is 5.69 Å². The minimum atomic E-state index is -0.976. The molecule has 2 rings (SSSR count). The van der Waals surface area contributed by atoms with Gasteiger partial charge in [0.25, 0.3) is 11.6 Å². The fourth-order valence-electron chi connectivity index (χ4n) is 1.93. The van der Waals surface area contributed by atoms with E-state index in [1.807, 2.05) is 30.3 Å². The molecule has 0 saturated carbocycles. The molecule has 124 valence electrons. The zero-order valence-electron chi connectivity index (χ0n) is 13.0. The van der Waals surface area contributed by atoms with E-state index in [1.165, 1.54) is 31.2 Å². The van der Waals surface area contributed by atoms with Crippen LogP contribution in [0.3, 0.4) is 0 Å². The van der Waals surface area contributed by atoms with Gasteiger partial charge < -0.3 is 10.1 Å². The Bertz CT molecular complexity index is 728. The number of benzene rings is 2. The van der Waals surface area contributed by atoms with E-state index in [9.17, 15) is 19.7 Å². The molecule has 2 aromatic carbocycles. The molecule has 1 N–H and O–H groups in total. The van der Waals surface area contributed by atoms with E-state index < -0.39 is 22.9 Å². The van der Waals surface area contributed by atoms with Crippen LogP contribution < -0.4 is 5.32 Å². The highest BCUT2D eigenvalue weighted by atomic mass is 16.6. The van der Waals surface area contributed by atoms with Crippen molar-refractivity contribution in [1.82, 2.24) is 5.32 Å². The Kier molecular flexibility index (Phi) is 5.62. The zero-order chi connectivity index (χ0) is 17.5. The van der Waals surface area contributed by atoms with Crippen LogP contribution in [0, 0.1) is 10.1 Å². The van der Waals surface area contributed by atoms with E-state index in [0.29, 0.717) is 6.54 Å². The van der Waals surface area contributed by atoms with Gasteiger partial charge in [0, 0.05) is 18.7 Å². The lowest BCUT2D eigenvalue weighted by molar-refractivity contribution is -0.384. The van der Waals surface area contributed by atoms with Crippen molar-refractivity contribution in [3.63, 3.8) is 0 Å². The van der Waals surface area contributed by atoms with Gasteiger partial charge in [0.1, 0.15) is 0 Å². The number of non-ortho nitro benzene ring substituents is 1. The lowest BCUT2D eigenvalue weighted by Crippen LogP contribution is -2.35. The second-order valence-corrected chi connectivity index (χ2v) is 5.05. The number of amides is 1. The Morgan fingerprint density at radius 2 is 1.75 bits per heavy atom. The second-order valence-electron chi connectivity index (χ2n) is 5.05. The first kappa shape index (κ1) is 17.1. The zero-order valence-corrected chi connectivity index (χ0v) is 13.0. The summed E-state index contributed by atoms with van der Waals surface area (Å²) in [6.07, 6.45) is -0.976. The Balaban J connectivity index is 1.88. The van der Waals surface area contributed by atoms with E-state index in [0.717, 1.165) is 5.56 Å². The number of nitro groups is 1. The molecule has 0 heterocycles. The Morgan fingerprint density at radius 1 is 1.12 bits per heavy atom. The second kappa shape index (κ2) is 7.87. The van der Waals surface area contributed by atoms with Crippen molar-refractivity contribution in [2.45, 2.75) is 19.6 Å². The number of esters is 1. The molecule has 24 heavy (non-hydrogen) atoms. The van der Waals surface area contributed by atoms with Crippen LogP contribution in [0.2, 0.25) is 0 Å². The summed E-state index contributed by atoms with van der Waals surface area (Å²) in [6.45, 7) is 1.79. The smallest absolute Gasteiger partial charge is 0.338 e. The van der Waals surface area contributed by atoms with Gasteiger partial charge in [-0.05, 0) is 24.6 Å². The summed E-state index contributed by atoms with van der Waals surface area (Å²) < 4.78 is 5.07. The molecule has 0 aliphatic heterocycles. The Hall–Kier alpha value is -3.22. The van der Waals surface area contributed by atoms with Gasteiger partial charge in [-0.3, -0.25) is 14.9 Å². The summed E-state index contributed by atoms with van der Waals surface area (Å²) in [6, 6.07) is 14.3. The van der Waals surface area contributed by atoms with Crippen LogP contribution in [0.15, 0.2) is 54.6 Å². The van der Waals surface area contributed by atoms with E-state index >= 15 is 0 Å². The highest BCUT2D eigenvalue weighted by Gasteiger charge is 2.19. The predicted molar refractivity (Wildman–Crippen MR) is 86.3 cm³/mol. The van der Waals surface area contributed by atoms with Gasteiger partial charge in [0.2, 0.25) is 0 Å². The van der Waals surface area contributed by atoms with Crippen LogP contribution in [-0.4, -0.2) is 22.9 Å². The molecule has 0 saturated heterocycles. The first-order chi connectivity index (χ1) is 11.5. The van der Waals surface area contributed by atoms with Gasteiger partial charge in [-0.25, -0.2) is 4.79 Å². The van der Waals surface area contributed by atoms with Crippen LogP contribution in [0.25, 0.3) is 0 Å². The largest absolute Gasteiger partial charge is 0.449 e. The number of hydrogen-bond donors (Lipinski definition) is 1. The normalized spacial score (nSPS) is 11.4. The quantitative estimate of drug-likeness (QED) is 0.499. The molecule has 1 atom stereocenters. The number of ether oxygens (including phenoxy) is 1. The maximum Gasteiger partial charge on any atom is 0.338 e. The fourth-order valence-corrected chi connectivity index (χ4v) is 1.93. The summed E-state index contributed by atoms with van der Waals surface area (Å²) in [7, 11) is 0. The summed E-state index contributed by atoms with van der Waals surface area (Å²) in [5.74, 6) is -1.14. The molecule has 0 aliphatic carbocycles. The standard InChI is InChI=1S/C17H16N2O5/c1-12(16(20)18-11-13-5-3-2-4-6-13)24-17(21)14-7-9-15(10-8-14)19(22)23/h2-10,12H,11H2,1H3,(H,18,20)/t12-/m1/s1. The van der Waals surface area contributed by atoms with Crippen molar-refractivity contribution < 1.29 is 19.2 Å². The number of carbonyl (C=O) groups is 2. The van der Waals surface area contributed by atoms with E-state index in [4.69, 9.17) is 4.74 Å². The SMILES string of the molecule is C[C@@H](OC(=O)c1ccc([N+](=O)[O-])cc1)C(=O)NCc1ccccc1. The van der Waals surface area contributed by atoms with E-state index in [2.05, 4.69) is 5.32 Å².